The molecule has 1 N–H and O–H groups in total. The van der Waals surface area contributed by atoms with Gasteiger partial charge in [-0.1, -0.05) is 0 Å². The van der Waals surface area contributed by atoms with E-state index in [9.17, 15) is 4.39 Å². The minimum absolute atomic E-state index is 0.375. The van der Waals surface area contributed by atoms with Crippen LogP contribution in [-0.4, -0.2) is 23.3 Å². The third-order valence-corrected chi connectivity index (χ3v) is 3.20. The van der Waals surface area contributed by atoms with Gasteiger partial charge in [-0.05, 0) is 33.8 Å². The lowest BCUT2D eigenvalue weighted by atomic mass is 9.81. The summed E-state index contributed by atoms with van der Waals surface area (Å²) in [7, 11) is -0.490. The first kappa shape index (κ1) is 10.7. The molecule has 1 aliphatic heterocycles. The summed E-state index contributed by atoms with van der Waals surface area (Å²) < 4.78 is 24.3. The number of hydrogen-bond donors (Lipinski definition) is 1. The summed E-state index contributed by atoms with van der Waals surface area (Å²) in [5.41, 5.74) is -0.0808. The summed E-state index contributed by atoms with van der Waals surface area (Å²) in [5.74, 6) is -0.375. The van der Waals surface area contributed by atoms with E-state index in [2.05, 4.69) is 4.98 Å². The zero-order valence-corrected chi connectivity index (χ0v) is 9.43. The third-order valence-electron chi connectivity index (χ3n) is 3.20. The quantitative estimate of drug-likeness (QED) is 0.713. The van der Waals surface area contributed by atoms with Gasteiger partial charge in [-0.15, -0.1) is 0 Å². The molecule has 2 rings (SSSR count). The van der Waals surface area contributed by atoms with Gasteiger partial charge >= 0.3 is 7.12 Å². The highest BCUT2D eigenvalue weighted by atomic mass is 19.1. The standard InChI is InChI=1S/C10H15BFNO2/c1-9(2)10(3,4)15-11(14-9)7-5-8(12)13-6-7/h5-6,13H,1-4H3. The molecule has 0 radical (unpaired) electrons. The summed E-state index contributed by atoms with van der Waals surface area (Å²) in [5, 5.41) is 0. The number of aromatic amines is 1. The Morgan fingerprint density at radius 2 is 1.73 bits per heavy atom. The number of rotatable bonds is 1. The van der Waals surface area contributed by atoms with Crippen molar-refractivity contribution in [1.29, 1.82) is 0 Å². The average molecular weight is 211 g/mol. The summed E-state index contributed by atoms with van der Waals surface area (Å²) >= 11 is 0. The highest BCUT2D eigenvalue weighted by Gasteiger charge is 2.51. The van der Waals surface area contributed by atoms with E-state index in [1.54, 1.807) is 6.20 Å². The first-order valence-electron chi connectivity index (χ1n) is 5.01. The number of hydrogen-bond acceptors (Lipinski definition) is 2. The minimum Gasteiger partial charge on any atom is -0.399 e. The van der Waals surface area contributed by atoms with Crippen molar-refractivity contribution in [3.63, 3.8) is 0 Å². The van der Waals surface area contributed by atoms with Crippen LogP contribution < -0.4 is 5.46 Å². The summed E-state index contributed by atoms with van der Waals surface area (Å²) in [6.45, 7) is 7.87. The Hall–Kier alpha value is -0.805. The molecule has 0 bridgehead atoms. The van der Waals surface area contributed by atoms with Crippen LogP contribution in [0.4, 0.5) is 4.39 Å². The van der Waals surface area contributed by atoms with E-state index in [0.717, 1.165) is 0 Å². The molecular weight excluding hydrogens is 196 g/mol. The van der Waals surface area contributed by atoms with Gasteiger partial charge in [0.2, 0.25) is 0 Å². The number of nitrogens with one attached hydrogen (secondary N) is 1. The maximum Gasteiger partial charge on any atom is 0.496 e. The van der Waals surface area contributed by atoms with Crippen LogP contribution in [0.2, 0.25) is 0 Å². The van der Waals surface area contributed by atoms with E-state index < -0.39 is 7.12 Å². The van der Waals surface area contributed by atoms with Gasteiger partial charge < -0.3 is 14.3 Å². The minimum atomic E-state index is -0.490. The van der Waals surface area contributed by atoms with Gasteiger partial charge in [-0.3, -0.25) is 0 Å². The Labute approximate surface area is 89.1 Å². The Kier molecular flexibility index (Phi) is 2.21. The van der Waals surface area contributed by atoms with Gasteiger partial charge in [-0.25, -0.2) is 0 Å². The number of halogens is 1. The van der Waals surface area contributed by atoms with E-state index in [4.69, 9.17) is 9.31 Å². The molecule has 1 fully saturated rings. The van der Waals surface area contributed by atoms with E-state index in [-0.39, 0.29) is 17.1 Å². The first-order chi connectivity index (χ1) is 6.82. The second-order valence-corrected chi connectivity index (χ2v) is 4.87. The molecule has 0 aliphatic carbocycles. The smallest absolute Gasteiger partial charge is 0.399 e. The number of H-pyrrole nitrogens is 1. The number of aromatic nitrogens is 1. The highest BCUT2D eigenvalue weighted by Crippen LogP contribution is 2.36. The second kappa shape index (κ2) is 3.09. The molecule has 0 atom stereocenters. The Morgan fingerprint density at radius 1 is 1.20 bits per heavy atom. The van der Waals surface area contributed by atoms with Crippen molar-refractivity contribution < 1.29 is 13.7 Å². The van der Waals surface area contributed by atoms with E-state index in [1.807, 2.05) is 27.7 Å². The van der Waals surface area contributed by atoms with E-state index in [1.165, 1.54) is 6.07 Å². The predicted molar refractivity (Wildman–Crippen MR) is 56.5 cm³/mol. The van der Waals surface area contributed by atoms with Crippen LogP contribution in [0.5, 0.6) is 0 Å². The van der Waals surface area contributed by atoms with Crippen LogP contribution in [0, 0.1) is 5.95 Å². The molecule has 3 nitrogen and oxygen atoms in total. The molecule has 1 aromatic heterocycles. The van der Waals surface area contributed by atoms with Crippen molar-refractivity contribution in [2.45, 2.75) is 38.9 Å². The van der Waals surface area contributed by atoms with Crippen molar-refractivity contribution in [1.82, 2.24) is 4.98 Å². The largest absolute Gasteiger partial charge is 0.496 e. The van der Waals surface area contributed by atoms with Gasteiger partial charge in [0.25, 0.3) is 0 Å². The second-order valence-electron chi connectivity index (χ2n) is 4.87. The molecule has 1 aromatic rings. The van der Waals surface area contributed by atoms with E-state index in [0.29, 0.717) is 5.46 Å². The Bertz CT molecular complexity index is 359. The van der Waals surface area contributed by atoms with Crippen LogP contribution in [0.1, 0.15) is 27.7 Å². The predicted octanol–water partition coefficient (Wildman–Crippen LogP) is 1.45. The molecule has 0 aromatic carbocycles. The fraction of sp³-hybridized carbons (Fsp3) is 0.600. The lowest BCUT2D eigenvalue weighted by Gasteiger charge is -2.32. The molecule has 5 heteroatoms. The summed E-state index contributed by atoms with van der Waals surface area (Å²) in [6, 6.07) is 1.39. The highest BCUT2D eigenvalue weighted by molar-refractivity contribution is 6.62. The summed E-state index contributed by atoms with van der Waals surface area (Å²) in [6.07, 6.45) is 1.57. The van der Waals surface area contributed by atoms with Crippen LogP contribution in [0.25, 0.3) is 0 Å². The van der Waals surface area contributed by atoms with Gasteiger partial charge in [0.1, 0.15) is 0 Å². The zero-order valence-electron chi connectivity index (χ0n) is 9.43. The van der Waals surface area contributed by atoms with Crippen molar-refractivity contribution in [2.24, 2.45) is 0 Å². The Balaban J connectivity index is 2.23. The molecule has 2 heterocycles. The van der Waals surface area contributed by atoms with Crippen LogP contribution in [-0.2, 0) is 9.31 Å². The average Bonchev–Trinajstić information content (AvgIpc) is 2.56. The fourth-order valence-corrected chi connectivity index (χ4v) is 1.50. The van der Waals surface area contributed by atoms with Crippen LogP contribution in [0.3, 0.4) is 0 Å². The fourth-order valence-electron chi connectivity index (χ4n) is 1.50. The molecule has 0 amide bonds. The van der Waals surface area contributed by atoms with Gasteiger partial charge in [0.05, 0.1) is 11.2 Å². The molecule has 1 aliphatic rings. The van der Waals surface area contributed by atoms with Gasteiger partial charge in [-0.2, -0.15) is 4.39 Å². The van der Waals surface area contributed by atoms with Crippen LogP contribution in [0.15, 0.2) is 12.3 Å². The summed E-state index contributed by atoms with van der Waals surface area (Å²) in [4.78, 5) is 2.47. The Morgan fingerprint density at radius 3 is 2.13 bits per heavy atom. The molecule has 0 spiro atoms. The third kappa shape index (κ3) is 1.70. The lowest BCUT2D eigenvalue weighted by Crippen LogP contribution is -2.41. The van der Waals surface area contributed by atoms with Crippen molar-refractivity contribution in [2.75, 3.05) is 0 Å². The van der Waals surface area contributed by atoms with Crippen LogP contribution >= 0.6 is 0 Å². The maximum atomic E-state index is 12.8. The molecular formula is C10H15BFNO2. The molecule has 82 valence electrons. The van der Waals surface area contributed by atoms with Crippen molar-refractivity contribution in [3.05, 3.63) is 18.2 Å². The molecule has 15 heavy (non-hydrogen) atoms. The normalized spacial score (nSPS) is 23.4. The molecule has 0 saturated carbocycles. The maximum absolute atomic E-state index is 12.8. The zero-order chi connectivity index (χ0) is 11.3. The topological polar surface area (TPSA) is 34.2 Å². The van der Waals surface area contributed by atoms with E-state index >= 15 is 0 Å². The van der Waals surface area contributed by atoms with Gasteiger partial charge in [0.15, 0.2) is 5.95 Å². The van der Waals surface area contributed by atoms with Crippen molar-refractivity contribution in [3.8, 4) is 0 Å². The van der Waals surface area contributed by atoms with Crippen molar-refractivity contribution >= 4 is 12.6 Å². The SMILES string of the molecule is CC1(C)OB(c2c[nH]c(F)c2)OC1(C)C. The first-order valence-corrected chi connectivity index (χ1v) is 5.01. The molecule has 1 saturated heterocycles. The molecule has 0 unspecified atom stereocenters. The lowest BCUT2D eigenvalue weighted by molar-refractivity contribution is 0.00578. The monoisotopic (exact) mass is 211 g/mol. The van der Waals surface area contributed by atoms with Gasteiger partial charge in [0, 0.05) is 11.7 Å².